The van der Waals surface area contributed by atoms with Crippen molar-refractivity contribution in [2.75, 3.05) is 0 Å². The minimum absolute atomic E-state index is 0.171. The number of rotatable bonds is 4. The molecule has 1 amide bonds. The number of nitrogens with zero attached hydrogens (tertiary/aromatic N) is 2. The molecular formula is C17H12F3N3O2. The van der Waals surface area contributed by atoms with Crippen molar-refractivity contribution in [3.05, 3.63) is 72.2 Å². The molecule has 0 bridgehead atoms. The average Bonchev–Trinajstić information content (AvgIpc) is 3.10. The zero-order valence-electron chi connectivity index (χ0n) is 12.7. The van der Waals surface area contributed by atoms with Crippen LogP contribution in [0.4, 0.5) is 13.2 Å². The van der Waals surface area contributed by atoms with Crippen LogP contribution in [0.1, 0.15) is 22.1 Å². The van der Waals surface area contributed by atoms with Crippen LogP contribution in [-0.2, 0) is 0 Å². The maximum atomic E-state index is 13.3. The van der Waals surface area contributed by atoms with Gasteiger partial charge < -0.3 is 9.84 Å². The molecule has 0 fully saturated rings. The first-order valence-corrected chi connectivity index (χ1v) is 7.25. The molecule has 3 rings (SSSR count). The topological polar surface area (TPSA) is 68.0 Å². The first kappa shape index (κ1) is 16.7. The molecule has 0 saturated heterocycles. The van der Waals surface area contributed by atoms with Gasteiger partial charge in [0.2, 0.25) is 0 Å². The Morgan fingerprint density at radius 2 is 1.88 bits per heavy atom. The number of carbonyl (C=O) groups is 1. The second-order valence-electron chi connectivity index (χ2n) is 5.18. The summed E-state index contributed by atoms with van der Waals surface area (Å²) >= 11 is 0. The largest absolute Gasteiger partial charge is 0.412 e. The molecule has 1 N–H and O–H groups in total. The average molecular weight is 347 g/mol. The normalized spacial score (nSPS) is 12.6. The van der Waals surface area contributed by atoms with Crippen LogP contribution in [0.15, 0.2) is 65.4 Å². The van der Waals surface area contributed by atoms with Gasteiger partial charge in [0.05, 0.1) is 0 Å². The fraction of sp³-hybridized carbons (Fsp3) is 0.118. The first-order chi connectivity index (χ1) is 11.9. The van der Waals surface area contributed by atoms with Crippen molar-refractivity contribution in [2.45, 2.75) is 12.2 Å². The zero-order valence-corrected chi connectivity index (χ0v) is 12.7. The number of nitrogens with one attached hydrogen (secondary N) is 1. The predicted molar refractivity (Wildman–Crippen MR) is 82.4 cm³/mol. The second-order valence-corrected chi connectivity index (χ2v) is 5.18. The fourth-order valence-corrected chi connectivity index (χ4v) is 2.23. The number of halogens is 3. The molecule has 0 unspecified atom stereocenters. The second kappa shape index (κ2) is 6.76. The molecule has 0 spiro atoms. The molecule has 25 heavy (non-hydrogen) atoms. The summed E-state index contributed by atoms with van der Waals surface area (Å²) in [6, 6.07) is 10.5. The van der Waals surface area contributed by atoms with Crippen LogP contribution in [0.25, 0.3) is 11.3 Å². The maximum absolute atomic E-state index is 13.3. The molecule has 0 aliphatic carbocycles. The van der Waals surface area contributed by atoms with E-state index in [0.29, 0.717) is 5.56 Å². The highest BCUT2D eigenvalue weighted by atomic mass is 19.4. The summed E-state index contributed by atoms with van der Waals surface area (Å²) in [4.78, 5) is 15.8. The Hall–Kier alpha value is -3.16. The molecule has 1 aromatic carbocycles. The van der Waals surface area contributed by atoms with Crippen molar-refractivity contribution in [1.82, 2.24) is 15.5 Å². The van der Waals surface area contributed by atoms with E-state index >= 15 is 0 Å². The van der Waals surface area contributed by atoms with Crippen LogP contribution in [0.5, 0.6) is 0 Å². The van der Waals surface area contributed by atoms with Crippen LogP contribution in [0.2, 0.25) is 0 Å². The SMILES string of the molecule is O=C(N[C@H](c1cccnc1)C(F)(F)F)c1cc(-c2ccccc2)on1. The van der Waals surface area contributed by atoms with Crippen molar-refractivity contribution >= 4 is 5.91 Å². The molecule has 5 nitrogen and oxygen atoms in total. The summed E-state index contributed by atoms with van der Waals surface area (Å²) in [5.74, 6) is -0.701. The third-order valence-corrected chi connectivity index (χ3v) is 3.42. The number of aromatic nitrogens is 2. The van der Waals surface area contributed by atoms with Crippen molar-refractivity contribution < 1.29 is 22.5 Å². The minimum Gasteiger partial charge on any atom is -0.355 e. The number of alkyl halides is 3. The van der Waals surface area contributed by atoms with Gasteiger partial charge in [0.15, 0.2) is 17.5 Å². The lowest BCUT2D eigenvalue weighted by molar-refractivity contribution is -0.155. The number of hydrogen-bond acceptors (Lipinski definition) is 4. The third kappa shape index (κ3) is 3.85. The third-order valence-electron chi connectivity index (χ3n) is 3.42. The van der Waals surface area contributed by atoms with E-state index in [4.69, 9.17) is 4.52 Å². The van der Waals surface area contributed by atoms with Gasteiger partial charge in [-0.3, -0.25) is 9.78 Å². The fourth-order valence-electron chi connectivity index (χ4n) is 2.23. The van der Waals surface area contributed by atoms with E-state index in [1.54, 1.807) is 30.3 Å². The number of amides is 1. The van der Waals surface area contributed by atoms with E-state index < -0.39 is 18.1 Å². The molecule has 0 radical (unpaired) electrons. The van der Waals surface area contributed by atoms with Gasteiger partial charge in [0.1, 0.15) is 0 Å². The van der Waals surface area contributed by atoms with E-state index in [9.17, 15) is 18.0 Å². The van der Waals surface area contributed by atoms with Gasteiger partial charge in [0, 0.05) is 29.6 Å². The van der Waals surface area contributed by atoms with E-state index in [1.807, 2.05) is 5.32 Å². The number of carbonyl (C=O) groups excluding carboxylic acids is 1. The molecule has 0 aliphatic heterocycles. The van der Waals surface area contributed by atoms with Crippen LogP contribution in [0.3, 0.4) is 0 Å². The Morgan fingerprint density at radius 1 is 1.12 bits per heavy atom. The molecular weight excluding hydrogens is 335 g/mol. The van der Waals surface area contributed by atoms with Crippen molar-refractivity contribution in [3.8, 4) is 11.3 Å². The van der Waals surface area contributed by atoms with Crippen molar-refractivity contribution in [2.24, 2.45) is 0 Å². The van der Waals surface area contributed by atoms with E-state index in [2.05, 4.69) is 10.1 Å². The molecule has 2 aromatic heterocycles. The minimum atomic E-state index is -4.68. The zero-order chi connectivity index (χ0) is 17.9. The number of benzene rings is 1. The summed E-state index contributed by atoms with van der Waals surface area (Å²) in [5, 5.41) is 5.48. The van der Waals surface area contributed by atoms with Crippen LogP contribution < -0.4 is 5.32 Å². The Balaban J connectivity index is 1.82. The lowest BCUT2D eigenvalue weighted by Gasteiger charge is -2.21. The highest BCUT2D eigenvalue weighted by Gasteiger charge is 2.42. The van der Waals surface area contributed by atoms with E-state index in [0.717, 1.165) is 6.20 Å². The highest BCUT2D eigenvalue weighted by Crippen LogP contribution is 2.32. The van der Waals surface area contributed by atoms with Crippen molar-refractivity contribution in [1.29, 1.82) is 0 Å². The summed E-state index contributed by atoms with van der Waals surface area (Å²) in [7, 11) is 0. The standard InChI is InChI=1S/C17H12F3N3O2/c18-17(19,20)15(12-7-4-8-21-10-12)22-16(24)13-9-14(25-23-13)11-5-2-1-3-6-11/h1-10,15H,(H,22,24)/t15-/m1/s1. The van der Waals surface area contributed by atoms with Gasteiger partial charge in [-0.15, -0.1) is 0 Å². The lowest BCUT2D eigenvalue weighted by Crippen LogP contribution is -2.38. The summed E-state index contributed by atoms with van der Waals surface area (Å²) in [6.07, 6.45) is -2.27. The highest BCUT2D eigenvalue weighted by molar-refractivity contribution is 5.93. The Bertz CT molecular complexity index is 848. The maximum Gasteiger partial charge on any atom is 0.412 e. The van der Waals surface area contributed by atoms with E-state index in [1.165, 1.54) is 24.4 Å². The molecule has 0 saturated carbocycles. The summed E-state index contributed by atoms with van der Waals surface area (Å²) < 4.78 is 44.8. The van der Waals surface area contributed by atoms with Crippen LogP contribution in [0, 0.1) is 0 Å². The van der Waals surface area contributed by atoms with Gasteiger partial charge in [-0.2, -0.15) is 13.2 Å². The Labute approximate surface area is 140 Å². The quantitative estimate of drug-likeness (QED) is 0.780. The Morgan fingerprint density at radius 3 is 2.52 bits per heavy atom. The smallest absolute Gasteiger partial charge is 0.355 e. The van der Waals surface area contributed by atoms with Gasteiger partial charge >= 0.3 is 6.18 Å². The van der Waals surface area contributed by atoms with E-state index in [-0.39, 0.29) is 17.0 Å². The summed E-state index contributed by atoms with van der Waals surface area (Å²) in [5.41, 5.74) is 0.251. The van der Waals surface area contributed by atoms with Gasteiger partial charge in [0.25, 0.3) is 5.91 Å². The first-order valence-electron chi connectivity index (χ1n) is 7.25. The van der Waals surface area contributed by atoms with Crippen LogP contribution in [-0.4, -0.2) is 22.2 Å². The Kier molecular flexibility index (Phi) is 4.51. The molecule has 3 aromatic rings. The molecule has 128 valence electrons. The van der Waals surface area contributed by atoms with Gasteiger partial charge in [-0.05, 0) is 6.07 Å². The summed E-state index contributed by atoms with van der Waals surface area (Å²) in [6.45, 7) is 0. The molecule has 0 aliphatic rings. The van der Waals surface area contributed by atoms with Crippen molar-refractivity contribution in [3.63, 3.8) is 0 Å². The van der Waals surface area contributed by atoms with Gasteiger partial charge in [-0.25, -0.2) is 0 Å². The molecule has 8 heteroatoms. The monoisotopic (exact) mass is 347 g/mol. The lowest BCUT2D eigenvalue weighted by atomic mass is 10.1. The number of pyridine rings is 1. The predicted octanol–water partition coefficient (Wildman–Crippen LogP) is 3.77. The van der Waals surface area contributed by atoms with Crippen LogP contribution >= 0.6 is 0 Å². The molecule has 2 heterocycles. The number of hydrogen-bond donors (Lipinski definition) is 1. The van der Waals surface area contributed by atoms with Gasteiger partial charge in [-0.1, -0.05) is 41.6 Å². The molecule has 1 atom stereocenters.